The van der Waals surface area contributed by atoms with E-state index < -0.39 is 11.9 Å². The molecule has 2 N–H and O–H groups in total. The summed E-state index contributed by atoms with van der Waals surface area (Å²) in [6.45, 7) is 0. The molecular formula is C14H16O5. The highest BCUT2D eigenvalue weighted by molar-refractivity contribution is 6.01. The molecule has 19 heavy (non-hydrogen) atoms. The minimum atomic E-state index is -1.23. The van der Waals surface area contributed by atoms with E-state index in [2.05, 4.69) is 0 Å². The normalized spacial score (nSPS) is 23.6. The number of carboxylic acids is 2. The molecule has 1 saturated carbocycles. The van der Waals surface area contributed by atoms with E-state index >= 15 is 0 Å². The summed E-state index contributed by atoms with van der Waals surface area (Å²) in [7, 11) is 0. The van der Waals surface area contributed by atoms with Crippen LogP contribution in [-0.2, 0) is 4.74 Å². The van der Waals surface area contributed by atoms with Gasteiger partial charge in [-0.2, -0.15) is 0 Å². The summed E-state index contributed by atoms with van der Waals surface area (Å²) in [6.07, 6.45) is 6.89. The second-order valence-electron chi connectivity index (χ2n) is 4.65. The molecule has 1 aromatic carbocycles. The van der Waals surface area contributed by atoms with Gasteiger partial charge in [-0.05, 0) is 25.0 Å². The topological polar surface area (TPSA) is 87.1 Å². The van der Waals surface area contributed by atoms with Gasteiger partial charge in [-0.1, -0.05) is 25.0 Å². The molecule has 0 aromatic heterocycles. The Balaban J connectivity index is 0.000000159. The van der Waals surface area contributed by atoms with Crippen LogP contribution in [0, 0.1) is 0 Å². The van der Waals surface area contributed by atoms with Crippen molar-refractivity contribution in [3.05, 3.63) is 35.4 Å². The van der Waals surface area contributed by atoms with Crippen molar-refractivity contribution in [2.45, 2.75) is 37.9 Å². The molecular weight excluding hydrogens is 248 g/mol. The Bertz CT molecular complexity index is 439. The Morgan fingerprint density at radius 2 is 1.37 bits per heavy atom. The van der Waals surface area contributed by atoms with Crippen molar-refractivity contribution < 1.29 is 24.5 Å². The molecule has 102 valence electrons. The third-order valence-corrected chi connectivity index (χ3v) is 3.30. The van der Waals surface area contributed by atoms with Crippen LogP contribution < -0.4 is 0 Å². The summed E-state index contributed by atoms with van der Waals surface area (Å²) in [5, 5.41) is 17.1. The van der Waals surface area contributed by atoms with E-state index in [4.69, 9.17) is 14.9 Å². The van der Waals surface area contributed by atoms with Crippen LogP contribution in [-0.4, -0.2) is 34.4 Å². The lowest BCUT2D eigenvalue weighted by atomic mass is 10.0. The average Bonchev–Trinajstić information content (AvgIpc) is 3.18. The van der Waals surface area contributed by atoms with Gasteiger partial charge in [-0.15, -0.1) is 0 Å². The standard InChI is InChI=1S/C8H6O4.C6H10O/c9-7(10)5-3-1-2-4-6(5)8(11)12;1-2-4-6-5(3-1)7-6/h1-4H,(H,9,10)(H,11,12);5-6H,1-4H2. The Hall–Kier alpha value is -1.88. The van der Waals surface area contributed by atoms with Crippen LogP contribution in [0.2, 0.25) is 0 Å². The fourth-order valence-corrected chi connectivity index (χ4v) is 2.23. The molecule has 0 radical (unpaired) electrons. The number of hydrogen-bond acceptors (Lipinski definition) is 3. The Morgan fingerprint density at radius 3 is 1.68 bits per heavy atom. The number of fused-ring (bicyclic) bond motifs is 1. The molecule has 5 nitrogen and oxygen atoms in total. The monoisotopic (exact) mass is 264 g/mol. The van der Waals surface area contributed by atoms with Gasteiger partial charge < -0.3 is 14.9 Å². The van der Waals surface area contributed by atoms with Gasteiger partial charge in [0.05, 0.1) is 23.3 Å². The van der Waals surface area contributed by atoms with Crippen LogP contribution in [0.3, 0.4) is 0 Å². The summed E-state index contributed by atoms with van der Waals surface area (Å²) in [6, 6.07) is 5.48. The largest absolute Gasteiger partial charge is 0.478 e. The number of epoxide rings is 1. The molecule has 0 amide bonds. The molecule has 2 unspecified atom stereocenters. The first kappa shape index (κ1) is 13.5. The number of ether oxygens (including phenoxy) is 1. The van der Waals surface area contributed by atoms with Gasteiger partial charge in [-0.25, -0.2) is 9.59 Å². The lowest BCUT2D eigenvalue weighted by Gasteiger charge is -2.00. The summed E-state index contributed by atoms with van der Waals surface area (Å²) in [5.74, 6) is -2.46. The molecule has 2 atom stereocenters. The van der Waals surface area contributed by atoms with Crippen molar-refractivity contribution in [1.82, 2.24) is 0 Å². The average molecular weight is 264 g/mol. The second kappa shape index (κ2) is 5.84. The fourth-order valence-electron chi connectivity index (χ4n) is 2.23. The lowest BCUT2D eigenvalue weighted by molar-refractivity contribution is 0.0651. The zero-order valence-corrected chi connectivity index (χ0v) is 10.4. The SMILES string of the molecule is C1CCC2OC2C1.O=C(O)c1ccccc1C(=O)O. The first-order chi connectivity index (χ1) is 9.09. The molecule has 3 rings (SSSR count). The van der Waals surface area contributed by atoms with Gasteiger partial charge in [0.2, 0.25) is 0 Å². The molecule has 0 spiro atoms. The minimum absolute atomic E-state index is 0.190. The summed E-state index contributed by atoms with van der Waals surface area (Å²) >= 11 is 0. The highest BCUT2D eigenvalue weighted by Gasteiger charge is 2.39. The van der Waals surface area contributed by atoms with E-state index in [1.54, 1.807) is 0 Å². The number of rotatable bonds is 2. The van der Waals surface area contributed by atoms with E-state index in [1.165, 1.54) is 49.9 Å². The summed E-state index contributed by atoms with van der Waals surface area (Å²) in [4.78, 5) is 20.9. The maximum atomic E-state index is 10.5. The molecule has 1 aromatic rings. The molecule has 1 heterocycles. The van der Waals surface area contributed by atoms with Crippen LogP contribution in [0.15, 0.2) is 24.3 Å². The highest BCUT2D eigenvalue weighted by Crippen LogP contribution is 2.35. The van der Waals surface area contributed by atoms with E-state index in [-0.39, 0.29) is 11.1 Å². The zero-order chi connectivity index (χ0) is 13.8. The minimum Gasteiger partial charge on any atom is -0.478 e. The molecule has 0 bridgehead atoms. The second-order valence-corrected chi connectivity index (χ2v) is 4.65. The van der Waals surface area contributed by atoms with Crippen molar-refractivity contribution in [3.63, 3.8) is 0 Å². The number of carbonyl (C=O) groups is 2. The number of hydrogen-bond donors (Lipinski definition) is 2. The summed E-state index contributed by atoms with van der Waals surface area (Å²) in [5.41, 5.74) is -0.380. The quantitative estimate of drug-likeness (QED) is 0.801. The third kappa shape index (κ3) is 3.54. The first-order valence-electron chi connectivity index (χ1n) is 6.30. The molecule has 2 fully saturated rings. The van der Waals surface area contributed by atoms with Crippen LogP contribution in [0.25, 0.3) is 0 Å². The Labute approximate surface area is 110 Å². The maximum Gasteiger partial charge on any atom is 0.336 e. The molecule has 5 heteroatoms. The van der Waals surface area contributed by atoms with Gasteiger partial charge in [0, 0.05) is 0 Å². The van der Waals surface area contributed by atoms with Crippen LogP contribution >= 0.6 is 0 Å². The van der Waals surface area contributed by atoms with Crippen molar-refractivity contribution in [1.29, 1.82) is 0 Å². The van der Waals surface area contributed by atoms with Gasteiger partial charge in [0.25, 0.3) is 0 Å². The number of benzene rings is 1. The van der Waals surface area contributed by atoms with Crippen LogP contribution in [0.1, 0.15) is 46.4 Å². The third-order valence-electron chi connectivity index (χ3n) is 3.30. The van der Waals surface area contributed by atoms with Crippen LogP contribution in [0.4, 0.5) is 0 Å². The van der Waals surface area contributed by atoms with Crippen molar-refractivity contribution in [2.24, 2.45) is 0 Å². The molecule has 1 aliphatic heterocycles. The predicted octanol–water partition coefficient (Wildman–Crippen LogP) is 2.41. The van der Waals surface area contributed by atoms with Crippen molar-refractivity contribution >= 4 is 11.9 Å². The smallest absolute Gasteiger partial charge is 0.336 e. The lowest BCUT2D eigenvalue weighted by Crippen LogP contribution is -2.06. The van der Waals surface area contributed by atoms with E-state index in [0.29, 0.717) is 12.2 Å². The highest BCUT2D eigenvalue weighted by atomic mass is 16.6. The fraction of sp³-hybridized carbons (Fsp3) is 0.429. The van der Waals surface area contributed by atoms with E-state index in [1.807, 2.05) is 0 Å². The maximum absolute atomic E-state index is 10.5. The molecule has 2 aliphatic rings. The van der Waals surface area contributed by atoms with Gasteiger partial charge in [-0.3, -0.25) is 0 Å². The van der Waals surface area contributed by atoms with Crippen molar-refractivity contribution in [3.8, 4) is 0 Å². The van der Waals surface area contributed by atoms with Gasteiger partial charge >= 0.3 is 11.9 Å². The Kier molecular flexibility index (Phi) is 4.16. The van der Waals surface area contributed by atoms with Crippen molar-refractivity contribution in [2.75, 3.05) is 0 Å². The van der Waals surface area contributed by atoms with Crippen LogP contribution in [0.5, 0.6) is 0 Å². The van der Waals surface area contributed by atoms with Gasteiger partial charge in [0.15, 0.2) is 0 Å². The molecule has 1 saturated heterocycles. The Morgan fingerprint density at radius 1 is 0.947 bits per heavy atom. The van der Waals surface area contributed by atoms with Gasteiger partial charge in [0.1, 0.15) is 0 Å². The summed E-state index contributed by atoms with van der Waals surface area (Å²) < 4.78 is 5.28. The molecule has 1 aliphatic carbocycles. The predicted molar refractivity (Wildman–Crippen MR) is 67.5 cm³/mol. The van der Waals surface area contributed by atoms with E-state index in [0.717, 1.165) is 0 Å². The number of carboxylic acid groups (broad SMARTS) is 2. The zero-order valence-electron chi connectivity index (χ0n) is 10.4. The van der Waals surface area contributed by atoms with E-state index in [9.17, 15) is 9.59 Å². The number of aromatic carboxylic acids is 2. The first-order valence-corrected chi connectivity index (χ1v) is 6.30.